The van der Waals surface area contributed by atoms with E-state index in [1.54, 1.807) is 12.1 Å². The smallest absolute Gasteiger partial charge is 0.257 e. The molecule has 5 nitrogen and oxygen atoms in total. The molecule has 31 heavy (non-hydrogen) atoms. The maximum Gasteiger partial charge on any atom is 0.257 e. The van der Waals surface area contributed by atoms with E-state index >= 15 is 0 Å². The van der Waals surface area contributed by atoms with Crippen LogP contribution in [0.4, 0.5) is 0 Å². The summed E-state index contributed by atoms with van der Waals surface area (Å²) in [7, 11) is 1.67. The van der Waals surface area contributed by atoms with E-state index in [0.717, 1.165) is 54.4 Å². The van der Waals surface area contributed by atoms with Gasteiger partial charge in [-0.15, -0.1) is 0 Å². The zero-order valence-electron chi connectivity index (χ0n) is 19.1. The van der Waals surface area contributed by atoms with Gasteiger partial charge in [0.05, 0.1) is 25.4 Å². The summed E-state index contributed by atoms with van der Waals surface area (Å²) in [4.78, 5) is 15.7. The van der Waals surface area contributed by atoms with Gasteiger partial charge in [-0.3, -0.25) is 9.69 Å². The SMILES string of the molecule is COc1cccc([C@H]2CC(c3ccc(C)cc3C)=NN2C(=O)CN2CCC(C)CC2)c1. The van der Waals surface area contributed by atoms with Gasteiger partial charge >= 0.3 is 0 Å². The molecule has 1 saturated heterocycles. The second-order valence-corrected chi connectivity index (χ2v) is 9.06. The quantitative estimate of drug-likeness (QED) is 0.704. The largest absolute Gasteiger partial charge is 0.497 e. The molecule has 0 bridgehead atoms. The number of hydrogen-bond acceptors (Lipinski definition) is 4. The number of carbonyl (C=O) groups is 1. The van der Waals surface area contributed by atoms with Crippen LogP contribution in [0, 0.1) is 19.8 Å². The molecule has 2 aliphatic heterocycles. The standard InChI is InChI=1S/C26H33N3O2/c1-18-10-12-28(13-11-18)17-26(30)29-25(21-6-5-7-22(15-21)31-4)16-24(27-29)23-9-8-19(2)14-20(23)3/h5-9,14-15,18,25H,10-13,16-17H2,1-4H3/t25-/m1/s1. The summed E-state index contributed by atoms with van der Waals surface area (Å²) in [6, 6.07) is 14.3. The normalized spacial score (nSPS) is 20.1. The van der Waals surface area contributed by atoms with Gasteiger partial charge < -0.3 is 4.74 Å². The predicted molar refractivity (Wildman–Crippen MR) is 124 cm³/mol. The van der Waals surface area contributed by atoms with E-state index < -0.39 is 0 Å². The molecule has 0 radical (unpaired) electrons. The number of likely N-dealkylation sites (tertiary alicyclic amines) is 1. The molecule has 0 aliphatic carbocycles. The number of ether oxygens (including phenoxy) is 1. The summed E-state index contributed by atoms with van der Waals surface area (Å²) >= 11 is 0. The first kappa shape index (κ1) is 21.6. The Kier molecular flexibility index (Phi) is 6.42. The Balaban J connectivity index is 1.62. The third-order valence-electron chi connectivity index (χ3n) is 6.57. The van der Waals surface area contributed by atoms with Crippen LogP contribution in [0.1, 0.15) is 54.5 Å². The molecular formula is C26H33N3O2. The Bertz CT molecular complexity index is 976. The number of methoxy groups -OCH3 is 1. The minimum atomic E-state index is -0.109. The van der Waals surface area contributed by atoms with Crippen LogP contribution in [-0.4, -0.2) is 48.3 Å². The summed E-state index contributed by atoms with van der Waals surface area (Å²) in [5.41, 5.74) is 5.59. The number of hydrogen-bond donors (Lipinski definition) is 0. The van der Waals surface area contributed by atoms with Gasteiger partial charge in [0, 0.05) is 12.0 Å². The summed E-state index contributed by atoms with van der Waals surface area (Å²) in [6.45, 7) is 8.90. The van der Waals surface area contributed by atoms with Crippen molar-refractivity contribution in [3.63, 3.8) is 0 Å². The number of aryl methyl sites for hydroxylation is 2. The van der Waals surface area contributed by atoms with Gasteiger partial charge in [0.1, 0.15) is 5.75 Å². The molecule has 0 aromatic heterocycles. The lowest BCUT2D eigenvalue weighted by atomic mass is 9.95. The fourth-order valence-electron chi connectivity index (χ4n) is 4.63. The van der Waals surface area contributed by atoms with E-state index in [-0.39, 0.29) is 11.9 Å². The van der Waals surface area contributed by atoms with Crippen molar-refractivity contribution in [2.75, 3.05) is 26.7 Å². The summed E-state index contributed by atoms with van der Waals surface area (Å²) in [5.74, 6) is 1.62. The Labute approximate surface area is 185 Å². The van der Waals surface area contributed by atoms with Crippen molar-refractivity contribution in [3.8, 4) is 5.75 Å². The van der Waals surface area contributed by atoms with Gasteiger partial charge in [-0.25, -0.2) is 5.01 Å². The molecule has 2 aromatic carbocycles. The average molecular weight is 420 g/mol. The fourth-order valence-corrected chi connectivity index (χ4v) is 4.63. The number of nitrogens with zero attached hydrogens (tertiary/aromatic N) is 3. The van der Waals surface area contributed by atoms with E-state index in [1.165, 1.54) is 11.1 Å². The van der Waals surface area contributed by atoms with Gasteiger partial charge in [0.2, 0.25) is 0 Å². The lowest BCUT2D eigenvalue weighted by Gasteiger charge is -2.31. The van der Waals surface area contributed by atoms with Crippen LogP contribution in [0.15, 0.2) is 47.6 Å². The first-order valence-electron chi connectivity index (χ1n) is 11.3. The lowest BCUT2D eigenvalue weighted by Crippen LogP contribution is -2.41. The molecule has 0 saturated carbocycles. The Hall–Kier alpha value is -2.66. The van der Waals surface area contributed by atoms with E-state index in [1.807, 2.05) is 18.2 Å². The van der Waals surface area contributed by atoms with Crippen LogP contribution >= 0.6 is 0 Å². The molecule has 5 heteroatoms. The monoisotopic (exact) mass is 419 g/mol. The first-order valence-corrected chi connectivity index (χ1v) is 11.3. The highest BCUT2D eigenvalue weighted by molar-refractivity contribution is 6.04. The van der Waals surface area contributed by atoms with Crippen molar-refractivity contribution < 1.29 is 9.53 Å². The van der Waals surface area contributed by atoms with E-state index in [4.69, 9.17) is 9.84 Å². The minimum Gasteiger partial charge on any atom is -0.497 e. The van der Waals surface area contributed by atoms with E-state index in [9.17, 15) is 4.79 Å². The van der Waals surface area contributed by atoms with Crippen molar-refractivity contribution in [1.82, 2.24) is 9.91 Å². The van der Waals surface area contributed by atoms with Crippen molar-refractivity contribution in [1.29, 1.82) is 0 Å². The Morgan fingerprint density at radius 1 is 1.13 bits per heavy atom. The number of amides is 1. The van der Waals surface area contributed by atoms with Crippen molar-refractivity contribution in [3.05, 3.63) is 64.7 Å². The highest BCUT2D eigenvalue weighted by Crippen LogP contribution is 2.35. The Morgan fingerprint density at radius 2 is 1.90 bits per heavy atom. The molecular weight excluding hydrogens is 386 g/mol. The molecule has 2 heterocycles. The van der Waals surface area contributed by atoms with Crippen LogP contribution in [0.5, 0.6) is 5.75 Å². The first-order chi connectivity index (χ1) is 14.9. The molecule has 2 aromatic rings. The highest BCUT2D eigenvalue weighted by Gasteiger charge is 2.34. The van der Waals surface area contributed by atoms with Crippen LogP contribution < -0.4 is 4.74 Å². The van der Waals surface area contributed by atoms with Crippen LogP contribution in [0.2, 0.25) is 0 Å². The number of carbonyl (C=O) groups excluding carboxylic acids is 1. The molecule has 1 fully saturated rings. The topological polar surface area (TPSA) is 45.1 Å². The van der Waals surface area contributed by atoms with Gasteiger partial charge in [0.15, 0.2) is 0 Å². The molecule has 1 atom stereocenters. The highest BCUT2D eigenvalue weighted by atomic mass is 16.5. The zero-order chi connectivity index (χ0) is 22.0. The third kappa shape index (κ3) is 4.82. The molecule has 0 spiro atoms. The van der Waals surface area contributed by atoms with Crippen LogP contribution in [0.3, 0.4) is 0 Å². The summed E-state index contributed by atoms with van der Waals surface area (Å²) in [6.07, 6.45) is 3.02. The molecule has 0 N–H and O–H groups in total. The molecule has 164 valence electrons. The Morgan fingerprint density at radius 3 is 2.61 bits per heavy atom. The van der Waals surface area contributed by atoms with Gasteiger partial charge in [-0.1, -0.05) is 42.8 Å². The average Bonchev–Trinajstić information content (AvgIpc) is 3.21. The number of rotatable bonds is 5. The van der Waals surface area contributed by atoms with Crippen LogP contribution in [-0.2, 0) is 4.79 Å². The maximum atomic E-state index is 13.4. The van der Waals surface area contributed by atoms with Gasteiger partial charge in [-0.2, -0.15) is 5.10 Å². The number of piperidine rings is 1. The van der Waals surface area contributed by atoms with Crippen molar-refractivity contribution >= 4 is 11.6 Å². The summed E-state index contributed by atoms with van der Waals surface area (Å²) < 4.78 is 5.44. The van der Waals surface area contributed by atoms with Crippen molar-refractivity contribution in [2.45, 2.75) is 46.1 Å². The molecule has 1 amide bonds. The van der Waals surface area contributed by atoms with E-state index in [2.05, 4.69) is 49.9 Å². The van der Waals surface area contributed by atoms with Crippen molar-refractivity contribution in [2.24, 2.45) is 11.0 Å². The van der Waals surface area contributed by atoms with Gasteiger partial charge in [-0.05, 0) is 69.0 Å². The second kappa shape index (κ2) is 9.23. The number of hydrazone groups is 1. The molecule has 4 rings (SSSR count). The summed E-state index contributed by atoms with van der Waals surface area (Å²) in [5, 5.41) is 6.60. The number of benzene rings is 2. The maximum absolute atomic E-state index is 13.4. The molecule has 2 aliphatic rings. The lowest BCUT2D eigenvalue weighted by molar-refractivity contribution is -0.134. The second-order valence-electron chi connectivity index (χ2n) is 9.06. The minimum absolute atomic E-state index is 0.0714. The molecule has 0 unspecified atom stereocenters. The fraction of sp³-hybridized carbons (Fsp3) is 0.462. The van der Waals surface area contributed by atoms with E-state index in [0.29, 0.717) is 13.0 Å². The third-order valence-corrected chi connectivity index (χ3v) is 6.57. The van der Waals surface area contributed by atoms with Crippen LogP contribution in [0.25, 0.3) is 0 Å². The predicted octanol–water partition coefficient (Wildman–Crippen LogP) is 4.72. The van der Waals surface area contributed by atoms with Gasteiger partial charge in [0.25, 0.3) is 5.91 Å². The zero-order valence-corrected chi connectivity index (χ0v) is 19.1.